The van der Waals surface area contributed by atoms with Crippen molar-refractivity contribution in [3.63, 3.8) is 0 Å². The molecule has 0 aliphatic carbocycles. The Kier molecular flexibility index (Phi) is 2.41. The van der Waals surface area contributed by atoms with E-state index in [0.717, 1.165) is 18.5 Å². The Bertz CT molecular complexity index is 302. The Hall–Kier alpha value is -1.15. The quantitative estimate of drug-likeness (QED) is 0.649. The summed E-state index contributed by atoms with van der Waals surface area (Å²) in [6, 6.07) is 6.90. The maximum Gasteiger partial charge on any atom is 0.123 e. The number of rotatable bonds is 1. The molecule has 2 rings (SSSR count). The van der Waals surface area contributed by atoms with E-state index in [1.165, 1.54) is 12.1 Å². The Balaban J connectivity index is 2.19. The molecule has 1 aromatic rings. The zero-order valence-electron chi connectivity index (χ0n) is 7.33. The molecule has 0 amide bonds. The van der Waals surface area contributed by atoms with Crippen molar-refractivity contribution < 1.29 is 4.39 Å². The van der Waals surface area contributed by atoms with Crippen molar-refractivity contribution in [1.29, 1.82) is 0 Å². The molecular weight excluding hydrogens is 165 g/mol. The maximum atomic E-state index is 12.6. The lowest BCUT2D eigenvalue weighted by atomic mass is 10.0. The van der Waals surface area contributed by atoms with Gasteiger partial charge >= 0.3 is 0 Å². The molecule has 13 heavy (non-hydrogen) atoms. The van der Waals surface area contributed by atoms with E-state index in [2.05, 4.69) is 17.5 Å². The van der Waals surface area contributed by atoms with Crippen molar-refractivity contribution in [1.82, 2.24) is 5.32 Å². The van der Waals surface area contributed by atoms with Crippen LogP contribution in [0.3, 0.4) is 0 Å². The van der Waals surface area contributed by atoms with Gasteiger partial charge in [0.05, 0.1) is 6.04 Å². The van der Waals surface area contributed by atoms with Crippen molar-refractivity contribution in [2.24, 2.45) is 0 Å². The summed E-state index contributed by atoms with van der Waals surface area (Å²) in [6.45, 7) is 0.999. The van der Waals surface area contributed by atoms with Gasteiger partial charge in [-0.3, -0.25) is 0 Å². The van der Waals surface area contributed by atoms with Crippen LogP contribution >= 0.6 is 0 Å². The van der Waals surface area contributed by atoms with Gasteiger partial charge < -0.3 is 5.32 Å². The van der Waals surface area contributed by atoms with Gasteiger partial charge in [0, 0.05) is 0 Å². The zero-order valence-corrected chi connectivity index (χ0v) is 7.33. The number of nitrogens with one attached hydrogen (secondary N) is 1. The smallest absolute Gasteiger partial charge is 0.123 e. The summed E-state index contributed by atoms with van der Waals surface area (Å²) in [6.07, 6.45) is 5.36. The van der Waals surface area contributed by atoms with Gasteiger partial charge in [-0.1, -0.05) is 24.3 Å². The van der Waals surface area contributed by atoms with Crippen LogP contribution in [0.15, 0.2) is 36.4 Å². The van der Waals surface area contributed by atoms with Gasteiger partial charge in [0.25, 0.3) is 0 Å². The van der Waals surface area contributed by atoms with Crippen LogP contribution in [0.2, 0.25) is 0 Å². The van der Waals surface area contributed by atoms with Crippen molar-refractivity contribution in [2.75, 3.05) is 6.54 Å². The summed E-state index contributed by atoms with van der Waals surface area (Å²) in [5, 5.41) is 3.35. The molecule has 68 valence electrons. The van der Waals surface area contributed by atoms with Crippen molar-refractivity contribution in [3.05, 3.63) is 47.8 Å². The number of hydrogen-bond donors (Lipinski definition) is 1. The van der Waals surface area contributed by atoms with Crippen LogP contribution < -0.4 is 5.32 Å². The number of hydrogen-bond acceptors (Lipinski definition) is 1. The molecule has 0 saturated carbocycles. The molecule has 1 nitrogen and oxygen atoms in total. The van der Waals surface area contributed by atoms with Gasteiger partial charge in [0.15, 0.2) is 0 Å². The second-order valence-electron chi connectivity index (χ2n) is 3.20. The van der Waals surface area contributed by atoms with Crippen LogP contribution in [0.4, 0.5) is 4.39 Å². The third-order valence-electron chi connectivity index (χ3n) is 2.23. The van der Waals surface area contributed by atoms with Crippen molar-refractivity contribution >= 4 is 0 Å². The van der Waals surface area contributed by atoms with Crippen LogP contribution in [0.25, 0.3) is 0 Å². The molecule has 0 saturated heterocycles. The van der Waals surface area contributed by atoms with Gasteiger partial charge in [-0.2, -0.15) is 0 Å². The predicted molar refractivity (Wildman–Crippen MR) is 50.9 cm³/mol. The fourth-order valence-corrected chi connectivity index (χ4v) is 1.52. The highest BCUT2D eigenvalue weighted by molar-refractivity contribution is 5.24. The molecule has 0 spiro atoms. The van der Waals surface area contributed by atoms with Gasteiger partial charge in [-0.15, -0.1) is 0 Å². The van der Waals surface area contributed by atoms with E-state index in [-0.39, 0.29) is 11.9 Å². The Morgan fingerprint density at radius 3 is 2.62 bits per heavy atom. The lowest BCUT2D eigenvalue weighted by molar-refractivity contribution is 0.595. The average molecular weight is 177 g/mol. The molecule has 0 aromatic heterocycles. The first-order valence-corrected chi connectivity index (χ1v) is 4.52. The minimum Gasteiger partial charge on any atom is -0.306 e. The van der Waals surface area contributed by atoms with E-state index in [9.17, 15) is 4.39 Å². The summed E-state index contributed by atoms with van der Waals surface area (Å²) >= 11 is 0. The highest BCUT2D eigenvalue weighted by atomic mass is 19.1. The van der Waals surface area contributed by atoms with Gasteiger partial charge in [0.1, 0.15) is 5.82 Å². The van der Waals surface area contributed by atoms with Crippen LogP contribution in [-0.4, -0.2) is 6.54 Å². The Morgan fingerprint density at radius 1 is 1.23 bits per heavy atom. The normalized spacial score (nSPS) is 21.8. The molecular formula is C11H12FN. The van der Waals surface area contributed by atoms with Crippen LogP contribution in [0, 0.1) is 5.82 Å². The molecule has 1 aromatic carbocycles. The number of benzene rings is 1. The zero-order chi connectivity index (χ0) is 9.10. The molecule has 0 bridgehead atoms. The fourth-order valence-electron chi connectivity index (χ4n) is 1.52. The topological polar surface area (TPSA) is 12.0 Å². The maximum absolute atomic E-state index is 12.6. The lowest BCUT2D eigenvalue weighted by Gasteiger charge is -2.18. The molecule has 1 atom stereocenters. The van der Waals surface area contributed by atoms with Crippen molar-refractivity contribution in [3.8, 4) is 0 Å². The first-order valence-electron chi connectivity index (χ1n) is 4.52. The third kappa shape index (κ3) is 1.95. The largest absolute Gasteiger partial charge is 0.306 e. The van der Waals surface area contributed by atoms with Gasteiger partial charge in [-0.05, 0) is 30.7 Å². The second-order valence-corrected chi connectivity index (χ2v) is 3.20. The Morgan fingerprint density at radius 2 is 2.00 bits per heavy atom. The minimum atomic E-state index is -0.177. The van der Waals surface area contributed by atoms with Gasteiger partial charge in [0.2, 0.25) is 0 Å². The third-order valence-corrected chi connectivity index (χ3v) is 2.23. The summed E-state index contributed by atoms with van der Waals surface area (Å²) < 4.78 is 12.6. The molecule has 0 fully saturated rings. The molecule has 1 unspecified atom stereocenters. The van der Waals surface area contributed by atoms with E-state index in [1.54, 1.807) is 0 Å². The monoisotopic (exact) mass is 177 g/mol. The SMILES string of the molecule is Fc1ccc(C2C=CCCN2)cc1. The molecule has 1 aliphatic rings. The van der Waals surface area contributed by atoms with E-state index in [4.69, 9.17) is 0 Å². The highest BCUT2D eigenvalue weighted by Crippen LogP contribution is 2.17. The summed E-state index contributed by atoms with van der Waals surface area (Å²) in [7, 11) is 0. The second kappa shape index (κ2) is 3.71. The minimum absolute atomic E-state index is 0.177. The fraction of sp³-hybridized carbons (Fsp3) is 0.273. The summed E-state index contributed by atoms with van der Waals surface area (Å²) in [4.78, 5) is 0. The number of halogens is 1. The summed E-state index contributed by atoms with van der Waals surface area (Å²) in [5.41, 5.74) is 1.12. The first kappa shape index (κ1) is 8.45. The molecule has 2 heteroatoms. The van der Waals surface area contributed by atoms with E-state index < -0.39 is 0 Å². The van der Waals surface area contributed by atoms with Crippen LogP contribution in [-0.2, 0) is 0 Å². The lowest BCUT2D eigenvalue weighted by Crippen LogP contribution is -2.23. The summed E-state index contributed by atoms with van der Waals surface area (Å²) in [5.74, 6) is -0.177. The first-order chi connectivity index (χ1) is 6.36. The molecule has 0 radical (unpaired) electrons. The molecule has 1 N–H and O–H groups in total. The van der Waals surface area contributed by atoms with Crippen LogP contribution in [0.5, 0.6) is 0 Å². The van der Waals surface area contributed by atoms with Gasteiger partial charge in [-0.25, -0.2) is 4.39 Å². The van der Waals surface area contributed by atoms with E-state index in [0.29, 0.717) is 0 Å². The average Bonchev–Trinajstić information content (AvgIpc) is 2.20. The molecule has 1 aliphatic heterocycles. The van der Waals surface area contributed by atoms with E-state index >= 15 is 0 Å². The van der Waals surface area contributed by atoms with Crippen molar-refractivity contribution in [2.45, 2.75) is 12.5 Å². The standard InChI is InChI=1S/C11H12FN/c12-10-6-4-9(5-7-10)11-3-1-2-8-13-11/h1,3-7,11,13H,2,8H2. The highest BCUT2D eigenvalue weighted by Gasteiger charge is 2.08. The Labute approximate surface area is 77.3 Å². The molecule has 1 heterocycles. The predicted octanol–water partition coefficient (Wildman–Crippen LogP) is 2.42. The van der Waals surface area contributed by atoms with E-state index in [1.807, 2.05) is 12.1 Å². The van der Waals surface area contributed by atoms with Crippen LogP contribution in [0.1, 0.15) is 18.0 Å².